The normalized spacial score (nSPS) is 17.4. The Balaban J connectivity index is 1.33. The number of carbonyl (C=O) groups is 1. The van der Waals surface area contributed by atoms with Crippen LogP contribution in [-0.2, 0) is 11.4 Å². The fourth-order valence-electron chi connectivity index (χ4n) is 5.02. The van der Waals surface area contributed by atoms with E-state index in [4.69, 9.17) is 16.3 Å². The molecule has 6 rings (SSSR count). The molecular weight excluding hydrogens is 540 g/mol. The Morgan fingerprint density at radius 2 is 1.92 bits per heavy atom. The molecule has 4 aromatic rings. The second kappa shape index (κ2) is 10.3. The number of aromatic nitrogens is 1. The molecular formula is C31H24ClF2NO3S. The lowest BCUT2D eigenvalue weighted by Crippen LogP contribution is -2.13. The van der Waals surface area contributed by atoms with Crippen molar-refractivity contribution >= 4 is 52.4 Å². The Morgan fingerprint density at radius 1 is 1.08 bits per heavy atom. The molecule has 0 radical (unpaired) electrons. The third-order valence-electron chi connectivity index (χ3n) is 7.36. The zero-order valence-corrected chi connectivity index (χ0v) is 22.4. The Labute approximate surface area is 233 Å². The van der Waals surface area contributed by atoms with Gasteiger partial charge in [-0.15, -0.1) is 11.8 Å². The van der Waals surface area contributed by atoms with Crippen molar-refractivity contribution in [2.75, 3.05) is 5.75 Å². The highest BCUT2D eigenvalue weighted by Gasteiger charge is 2.45. The van der Waals surface area contributed by atoms with E-state index in [2.05, 4.69) is 4.98 Å². The second-order valence-electron chi connectivity index (χ2n) is 10.2. The van der Waals surface area contributed by atoms with Gasteiger partial charge in [-0.05, 0) is 71.9 Å². The van der Waals surface area contributed by atoms with Gasteiger partial charge in [-0.2, -0.15) is 0 Å². The molecule has 0 saturated heterocycles. The van der Waals surface area contributed by atoms with Gasteiger partial charge < -0.3 is 9.84 Å². The topological polar surface area (TPSA) is 59.4 Å². The van der Waals surface area contributed by atoms with Crippen LogP contribution in [0.4, 0.5) is 8.78 Å². The molecule has 2 aliphatic rings. The van der Waals surface area contributed by atoms with E-state index >= 15 is 0 Å². The summed E-state index contributed by atoms with van der Waals surface area (Å²) in [5, 5.41) is 9.87. The first-order chi connectivity index (χ1) is 18.8. The first-order valence-corrected chi connectivity index (χ1v) is 14.0. The summed E-state index contributed by atoms with van der Waals surface area (Å²) in [6, 6.07) is 17.4. The van der Waals surface area contributed by atoms with E-state index in [9.17, 15) is 18.7 Å². The Kier molecular flexibility index (Phi) is 6.81. The zero-order valence-electron chi connectivity index (χ0n) is 20.8. The van der Waals surface area contributed by atoms with E-state index < -0.39 is 11.8 Å². The van der Waals surface area contributed by atoms with E-state index in [1.807, 2.05) is 42.5 Å². The van der Waals surface area contributed by atoms with Crippen LogP contribution in [0.1, 0.15) is 52.5 Å². The monoisotopic (exact) mass is 563 g/mol. The first-order valence-electron chi connectivity index (χ1n) is 12.6. The number of nitrogens with zero attached hydrogens (tertiary/aromatic N) is 1. The Bertz CT molecular complexity index is 1640. The van der Waals surface area contributed by atoms with E-state index in [0.717, 1.165) is 29.5 Å². The molecule has 1 fully saturated rings. The Hall–Kier alpha value is -3.42. The smallest absolute Gasteiger partial charge is 0.303 e. The van der Waals surface area contributed by atoms with Crippen molar-refractivity contribution in [2.24, 2.45) is 5.41 Å². The van der Waals surface area contributed by atoms with E-state index in [-0.39, 0.29) is 34.5 Å². The molecule has 1 aliphatic heterocycles. The number of halogens is 3. The summed E-state index contributed by atoms with van der Waals surface area (Å²) >= 11 is 7.59. The van der Waals surface area contributed by atoms with Crippen molar-refractivity contribution in [3.63, 3.8) is 0 Å². The number of pyridine rings is 1. The molecule has 1 aromatic heterocycles. The number of carboxylic acids is 1. The van der Waals surface area contributed by atoms with Gasteiger partial charge in [-0.25, -0.2) is 13.8 Å². The quantitative estimate of drug-likeness (QED) is 0.245. The molecule has 0 bridgehead atoms. The molecule has 1 aliphatic carbocycles. The van der Waals surface area contributed by atoms with E-state index in [0.29, 0.717) is 33.7 Å². The molecule has 4 nitrogen and oxygen atoms in total. The van der Waals surface area contributed by atoms with Crippen LogP contribution < -0.4 is 4.74 Å². The first kappa shape index (κ1) is 25.8. The van der Waals surface area contributed by atoms with Gasteiger partial charge in [0.2, 0.25) is 0 Å². The number of aliphatic carboxylic acids is 1. The van der Waals surface area contributed by atoms with Crippen LogP contribution in [0.25, 0.3) is 23.1 Å². The molecule has 1 unspecified atom stereocenters. The van der Waals surface area contributed by atoms with Gasteiger partial charge in [0.25, 0.3) is 0 Å². The number of benzene rings is 3. The minimum Gasteiger partial charge on any atom is -0.488 e. The maximum Gasteiger partial charge on any atom is 0.303 e. The number of fused-ring (bicyclic) bond motifs is 3. The average Bonchev–Trinajstić information content (AvgIpc) is 3.69. The van der Waals surface area contributed by atoms with Gasteiger partial charge in [0.05, 0.1) is 27.9 Å². The molecule has 0 spiro atoms. The van der Waals surface area contributed by atoms with E-state index in [1.54, 1.807) is 23.9 Å². The van der Waals surface area contributed by atoms with Crippen molar-refractivity contribution in [3.05, 3.63) is 105 Å². The van der Waals surface area contributed by atoms with Crippen LogP contribution in [0.3, 0.4) is 0 Å². The molecule has 1 atom stereocenters. The lowest BCUT2D eigenvalue weighted by atomic mass is 9.98. The molecule has 8 heteroatoms. The van der Waals surface area contributed by atoms with Crippen LogP contribution in [0.15, 0.2) is 60.7 Å². The fourth-order valence-corrected chi connectivity index (χ4v) is 6.85. The van der Waals surface area contributed by atoms with Crippen molar-refractivity contribution in [2.45, 2.75) is 31.1 Å². The number of rotatable bonds is 7. The minimum absolute atomic E-state index is 0.0264. The van der Waals surface area contributed by atoms with Gasteiger partial charge in [-0.3, -0.25) is 4.79 Å². The van der Waals surface area contributed by atoms with Gasteiger partial charge in [0.1, 0.15) is 24.0 Å². The van der Waals surface area contributed by atoms with Crippen LogP contribution in [-0.4, -0.2) is 21.8 Å². The number of thioether (sulfide) groups is 1. The summed E-state index contributed by atoms with van der Waals surface area (Å²) in [5.41, 5.74) is 4.30. The highest BCUT2D eigenvalue weighted by molar-refractivity contribution is 7.99. The summed E-state index contributed by atoms with van der Waals surface area (Å²) in [7, 11) is 0. The molecule has 39 heavy (non-hydrogen) atoms. The molecule has 198 valence electrons. The lowest BCUT2D eigenvalue weighted by molar-refractivity contribution is -0.138. The number of hydrogen-bond donors (Lipinski definition) is 1. The standard InChI is InChI=1S/C31H24ClF2NO3S/c32-24-14-27-19(13-26(24)34)6-8-20(35-27)7-4-18-5-9-28-22(12-18)30(39-17-31(10-11-31)15-29(36)37)21-2-1-3-25(33)23(21)16-38-28/h1-9,12-14,30H,10-11,15-17H2,(H,36,37)/b7-4+. The van der Waals surface area contributed by atoms with Gasteiger partial charge >= 0.3 is 5.97 Å². The number of ether oxygens (including phenoxy) is 1. The predicted octanol–water partition coefficient (Wildman–Crippen LogP) is 8.31. The van der Waals surface area contributed by atoms with E-state index in [1.165, 1.54) is 18.2 Å². The van der Waals surface area contributed by atoms with Crippen LogP contribution in [0.2, 0.25) is 5.02 Å². The Morgan fingerprint density at radius 3 is 2.72 bits per heavy atom. The summed E-state index contributed by atoms with van der Waals surface area (Å²) in [4.78, 5) is 16.0. The van der Waals surface area contributed by atoms with Crippen molar-refractivity contribution in [1.82, 2.24) is 4.98 Å². The molecule has 1 saturated carbocycles. The van der Waals surface area contributed by atoms with Crippen molar-refractivity contribution < 1.29 is 23.4 Å². The number of carboxylic acid groups (broad SMARTS) is 1. The minimum atomic E-state index is -0.786. The highest BCUT2D eigenvalue weighted by atomic mass is 35.5. The van der Waals surface area contributed by atoms with Crippen LogP contribution >= 0.6 is 23.4 Å². The summed E-state index contributed by atoms with van der Waals surface area (Å²) in [6.07, 6.45) is 5.73. The molecule has 2 heterocycles. The maximum atomic E-state index is 14.8. The maximum absolute atomic E-state index is 14.8. The zero-order chi connectivity index (χ0) is 27.1. The third-order valence-corrected chi connectivity index (χ3v) is 9.27. The molecule has 0 amide bonds. The third kappa shape index (κ3) is 5.38. The average molecular weight is 564 g/mol. The number of hydrogen-bond acceptors (Lipinski definition) is 4. The second-order valence-corrected chi connectivity index (χ2v) is 11.7. The van der Waals surface area contributed by atoms with Crippen molar-refractivity contribution in [1.29, 1.82) is 0 Å². The highest BCUT2D eigenvalue weighted by Crippen LogP contribution is 2.55. The van der Waals surface area contributed by atoms with Crippen LogP contribution in [0, 0.1) is 17.0 Å². The predicted molar refractivity (Wildman–Crippen MR) is 151 cm³/mol. The SMILES string of the molecule is O=C(O)CC1(CSC2c3cc(/C=C/c4ccc5cc(F)c(Cl)cc5n4)ccc3OCc3c(F)cccc32)CC1. The van der Waals surface area contributed by atoms with Gasteiger partial charge in [0.15, 0.2) is 0 Å². The fraction of sp³-hybridized carbons (Fsp3) is 0.226. The lowest BCUT2D eigenvalue weighted by Gasteiger charge is -2.22. The van der Waals surface area contributed by atoms with Gasteiger partial charge in [-0.1, -0.05) is 41.9 Å². The van der Waals surface area contributed by atoms with Gasteiger partial charge in [0, 0.05) is 22.3 Å². The molecule has 1 N–H and O–H groups in total. The van der Waals surface area contributed by atoms with Crippen LogP contribution in [0.5, 0.6) is 5.75 Å². The summed E-state index contributed by atoms with van der Waals surface area (Å²) < 4.78 is 34.7. The largest absolute Gasteiger partial charge is 0.488 e. The van der Waals surface area contributed by atoms with Crippen molar-refractivity contribution in [3.8, 4) is 5.75 Å². The summed E-state index contributed by atoms with van der Waals surface area (Å²) in [5.74, 6) is -0.218. The molecule has 3 aromatic carbocycles. The summed E-state index contributed by atoms with van der Waals surface area (Å²) in [6.45, 7) is 0.131.